The summed E-state index contributed by atoms with van der Waals surface area (Å²) in [5, 5.41) is 3.58. The number of nitrogens with zero attached hydrogens (tertiary/aromatic N) is 3. The Kier molecular flexibility index (Phi) is 7.83. The van der Waals surface area contributed by atoms with Crippen LogP contribution in [0.2, 0.25) is 0 Å². The summed E-state index contributed by atoms with van der Waals surface area (Å²) in [5.74, 6) is -0.151. The molecule has 0 spiro atoms. The molecule has 11 heteroatoms. The number of rotatable bonds is 4. The molecule has 2 unspecified atom stereocenters. The van der Waals surface area contributed by atoms with Crippen molar-refractivity contribution < 1.29 is 19.1 Å². The maximum Gasteiger partial charge on any atom is 0.410 e. The van der Waals surface area contributed by atoms with Gasteiger partial charge in [0.2, 0.25) is 5.91 Å². The second kappa shape index (κ2) is 10.5. The molecule has 3 aliphatic rings. The van der Waals surface area contributed by atoms with Gasteiger partial charge >= 0.3 is 6.09 Å². The fourth-order valence-corrected chi connectivity index (χ4v) is 6.08. The van der Waals surface area contributed by atoms with Crippen LogP contribution in [0.3, 0.4) is 0 Å². The van der Waals surface area contributed by atoms with E-state index < -0.39 is 5.60 Å². The van der Waals surface area contributed by atoms with Gasteiger partial charge in [0.15, 0.2) is 0 Å². The third kappa shape index (κ3) is 6.40. The van der Waals surface area contributed by atoms with Crippen molar-refractivity contribution >= 4 is 56.8 Å². The van der Waals surface area contributed by atoms with E-state index in [2.05, 4.69) is 32.2 Å². The minimum atomic E-state index is -0.517. The van der Waals surface area contributed by atoms with Gasteiger partial charge in [0.1, 0.15) is 5.60 Å². The molecule has 4 rings (SSSR count). The number of hydrogen-bond acceptors (Lipinski definition) is 6. The molecule has 0 radical (unpaired) electrons. The Morgan fingerprint density at radius 3 is 2.51 bits per heavy atom. The van der Waals surface area contributed by atoms with Gasteiger partial charge in [-0.1, -0.05) is 17.7 Å². The molecule has 0 aromatic carbocycles. The van der Waals surface area contributed by atoms with Gasteiger partial charge in [0.25, 0.3) is 5.91 Å². The number of thiophene rings is 1. The van der Waals surface area contributed by atoms with Crippen LogP contribution in [-0.4, -0.2) is 83.0 Å². The van der Waals surface area contributed by atoms with Crippen molar-refractivity contribution in [2.24, 2.45) is 0 Å². The van der Waals surface area contributed by atoms with Crippen LogP contribution in [0.1, 0.15) is 43.3 Å². The summed E-state index contributed by atoms with van der Waals surface area (Å²) in [6, 6.07) is 3.23. The standard InChI is InChI=1S/C24H30BrClN4O4S/c1-24(2,3)34-23(33)29-10-8-28(9-11-29)18-5-4-16(13-17(18)26)30-14-15(12-21(30)31)27-22(32)19-6-7-20(25)35-19/h5-7,13,15-16H,4,8-12,14H2,1-3H3,(H,27,32). The normalized spacial score (nSPS) is 23.2. The Bertz CT molecular complexity index is 1060. The molecule has 2 saturated heterocycles. The molecule has 1 N–H and O–H groups in total. The first-order valence-electron chi connectivity index (χ1n) is 11.7. The fourth-order valence-electron chi connectivity index (χ4n) is 4.45. The van der Waals surface area contributed by atoms with Gasteiger partial charge in [-0.2, -0.15) is 0 Å². The quantitative estimate of drug-likeness (QED) is 0.574. The first-order chi connectivity index (χ1) is 16.5. The molecule has 0 saturated carbocycles. The van der Waals surface area contributed by atoms with E-state index in [-0.39, 0.29) is 36.4 Å². The van der Waals surface area contributed by atoms with E-state index in [1.165, 1.54) is 11.3 Å². The van der Waals surface area contributed by atoms with Crippen LogP contribution >= 0.6 is 38.9 Å². The Hall–Kier alpha value is -2.04. The van der Waals surface area contributed by atoms with E-state index in [1.807, 2.05) is 32.9 Å². The minimum Gasteiger partial charge on any atom is -0.444 e. The number of halogens is 2. The largest absolute Gasteiger partial charge is 0.444 e. The molecule has 1 aromatic rings. The van der Waals surface area contributed by atoms with E-state index in [4.69, 9.17) is 16.3 Å². The molecule has 8 nitrogen and oxygen atoms in total. The third-order valence-corrected chi connectivity index (χ3v) is 8.04. The van der Waals surface area contributed by atoms with E-state index >= 15 is 0 Å². The summed E-state index contributed by atoms with van der Waals surface area (Å²) in [6.45, 7) is 8.49. The lowest BCUT2D eigenvalue weighted by Crippen LogP contribution is -2.50. The second-order valence-corrected chi connectivity index (χ2v) is 12.8. The Labute approximate surface area is 223 Å². The molecule has 2 fully saturated rings. The highest BCUT2D eigenvalue weighted by atomic mass is 79.9. The maximum atomic E-state index is 12.7. The Morgan fingerprint density at radius 2 is 1.91 bits per heavy atom. The number of likely N-dealkylation sites (tertiary alicyclic amines) is 1. The smallest absolute Gasteiger partial charge is 0.410 e. The lowest BCUT2D eigenvalue weighted by molar-refractivity contribution is -0.128. The van der Waals surface area contributed by atoms with E-state index in [1.54, 1.807) is 15.9 Å². The summed E-state index contributed by atoms with van der Waals surface area (Å²) < 4.78 is 6.36. The van der Waals surface area contributed by atoms with Crippen molar-refractivity contribution in [3.05, 3.63) is 43.7 Å². The molecular formula is C24H30BrClN4O4S. The van der Waals surface area contributed by atoms with Crippen molar-refractivity contribution in [1.82, 2.24) is 20.0 Å². The van der Waals surface area contributed by atoms with Crippen molar-refractivity contribution in [3.8, 4) is 0 Å². The van der Waals surface area contributed by atoms with Crippen LogP contribution in [0.25, 0.3) is 0 Å². The van der Waals surface area contributed by atoms with Crippen molar-refractivity contribution in [2.45, 2.75) is 51.3 Å². The van der Waals surface area contributed by atoms with Crippen molar-refractivity contribution in [2.75, 3.05) is 32.7 Å². The average Bonchev–Trinajstić information content (AvgIpc) is 3.38. The van der Waals surface area contributed by atoms with E-state index in [0.717, 1.165) is 9.48 Å². The Morgan fingerprint density at radius 1 is 1.20 bits per heavy atom. The molecule has 1 aliphatic carbocycles. The summed E-state index contributed by atoms with van der Waals surface area (Å²) in [4.78, 5) is 43.8. The molecule has 3 heterocycles. The molecule has 3 amide bonds. The van der Waals surface area contributed by atoms with Gasteiger partial charge in [0, 0.05) is 39.1 Å². The zero-order valence-electron chi connectivity index (χ0n) is 20.1. The van der Waals surface area contributed by atoms with Crippen LogP contribution in [0, 0.1) is 0 Å². The zero-order chi connectivity index (χ0) is 25.3. The number of hydrogen-bond donors (Lipinski definition) is 1. The molecule has 1 aromatic heterocycles. The highest BCUT2D eigenvalue weighted by Crippen LogP contribution is 2.31. The van der Waals surface area contributed by atoms with E-state index in [9.17, 15) is 14.4 Å². The number of ether oxygens (including phenoxy) is 1. The first kappa shape index (κ1) is 26.0. The van der Waals surface area contributed by atoms with Gasteiger partial charge in [0.05, 0.1) is 31.5 Å². The number of amides is 3. The SMILES string of the molecule is CC(C)(C)OC(=O)N1CCN(C2=CCC(N3CC(NC(=O)c4ccc(Br)s4)CC3=O)C=C2Cl)CC1. The lowest BCUT2D eigenvalue weighted by Gasteiger charge is -2.39. The molecule has 2 atom stereocenters. The molecular weight excluding hydrogens is 556 g/mol. The molecule has 190 valence electrons. The lowest BCUT2D eigenvalue weighted by atomic mass is 10.0. The van der Waals surface area contributed by atoms with Crippen LogP contribution in [-0.2, 0) is 9.53 Å². The predicted octanol–water partition coefficient (Wildman–Crippen LogP) is 4.17. The number of nitrogens with one attached hydrogen (secondary N) is 1. The van der Waals surface area contributed by atoms with Gasteiger partial charge in [-0.05, 0) is 61.3 Å². The third-order valence-electron chi connectivity index (χ3n) is 6.10. The highest BCUT2D eigenvalue weighted by molar-refractivity contribution is 9.11. The number of carbonyl (C=O) groups is 3. The van der Waals surface area contributed by atoms with Gasteiger partial charge in [-0.25, -0.2) is 4.79 Å². The van der Waals surface area contributed by atoms with Gasteiger partial charge < -0.3 is 24.8 Å². The summed E-state index contributed by atoms with van der Waals surface area (Å²) in [5.41, 5.74) is 0.420. The first-order valence-corrected chi connectivity index (χ1v) is 13.7. The minimum absolute atomic E-state index is 0.0104. The number of allylic oxidation sites excluding steroid dienone is 1. The fraction of sp³-hybridized carbons (Fsp3) is 0.542. The van der Waals surface area contributed by atoms with Crippen LogP contribution < -0.4 is 5.32 Å². The Balaban J connectivity index is 1.30. The molecule has 35 heavy (non-hydrogen) atoms. The van der Waals surface area contributed by atoms with Crippen molar-refractivity contribution in [1.29, 1.82) is 0 Å². The average molecular weight is 586 g/mol. The topological polar surface area (TPSA) is 82.2 Å². The number of carbonyl (C=O) groups excluding carboxylic acids is 3. The van der Waals surface area contributed by atoms with Crippen LogP contribution in [0.5, 0.6) is 0 Å². The van der Waals surface area contributed by atoms with Crippen LogP contribution in [0.4, 0.5) is 4.79 Å². The summed E-state index contributed by atoms with van der Waals surface area (Å²) in [7, 11) is 0. The zero-order valence-corrected chi connectivity index (χ0v) is 23.2. The highest BCUT2D eigenvalue weighted by Gasteiger charge is 2.36. The van der Waals surface area contributed by atoms with Crippen LogP contribution in [0.15, 0.2) is 38.8 Å². The van der Waals surface area contributed by atoms with Gasteiger partial charge in [-0.15, -0.1) is 11.3 Å². The maximum absolute atomic E-state index is 12.7. The summed E-state index contributed by atoms with van der Waals surface area (Å²) in [6.07, 6.45) is 4.64. The summed E-state index contributed by atoms with van der Waals surface area (Å²) >= 11 is 11.4. The van der Waals surface area contributed by atoms with E-state index in [0.29, 0.717) is 49.1 Å². The monoisotopic (exact) mass is 584 g/mol. The second-order valence-electron chi connectivity index (χ2n) is 9.89. The van der Waals surface area contributed by atoms with Crippen molar-refractivity contribution in [3.63, 3.8) is 0 Å². The predicted molar refractivity (Wildman–Crippen MR) is 139 cm³/mol. The number of piperazine rings is 1. The molecule has 0 bridgehead atoms. The molecule has 2 aliphatic heterocycles. The van der Waals surface area contributed by atoms with Gasteiger partial charge in [-0.3, -0.25) is 9.59 Å².